The first-order chi connectivity index (χ1) is 21.4. The lowest BCUT2D eigenvalue weighted by Crippen LogP contribution is -2.55. The normalized spacial score (nSPS) is 16.6. The van der Waals surface area contributed by atoms with Gasteiger partial charge in [-0.25, -0.2) is 24.1 Å². The first-order valence-electron chi connectivity index (χ1n) is 15.9. The lowest BCUT2D eigenvalue weighted by molar-refractivity contribution is 0.00578. The molecule has 0 atom stereocenters. The maximum absolute atomic E-state index is 14.0. The minimum Gasteiger partial charge on any atom is -0.443 e. The SMILES string of the molecule is CC(C)(C)OC(=O)/N=C(/N(Cc1cccc(B2OC(C)(C)C(C)(C)O2)c1)C(=O)OC(C)(C)C)N(C(=O)OC(C)(C)C)C(=O)OC(C)(C)C. The van der Waals surface area contributed by atoms with Crippen molar-refractivity contribution >= 4 is 42.9 Å². The molecule has 1 fully saturated rings. The summed E-state index contributed by atoms with van der Waals surface area (Å²) < 4.78 is 34.7. The van der Waals surface area contributed by atoms with Crippen LogP contribution in [0.15, 0.2) is 29.3 Å². The van der Waals surface area contributed by atoms with Gasteiger partial charge in [-0.15, -0.1) is 9.89 Å². The number of nitrogens with zero attached hydrogens (tertiary/aromatic N) is 3. The third kappa shape index (κ3) is 12.1. The number of rotatable bonds is 3. The Balaban J connectivity index is 2.83. The molecular formula is C34H54BN3O10. The third-order valence-electron chi connectivity index (χ3n) is 6.61. The minimum atomic E-state index is -1.25. The number of hydrogen-bond donors (Lipinski definition) is 0. The Kier molecular flexibility index (Phi) is 11.9. The average Bonchev–Trinajstić information content (AvgIpc) is 3.04. The highest BCUT2D eigenvalue weighted by atomic mass is 16.7. The molecule has 268 valence electrons. The first kappa shape index (κ1) is 40.5. The Morgan fingerprint density at radius 3 is 1.52 bits per heavy atom. The molecule has 0 aromatic heterocycles. The van der Waals surface area contributed by atoms with E-state index in [1.54, 1.807) is 101 Å². The van der Waals surface area contributed by atoms with Gasteiger partial charge in [0.1, 0.15) is 22.4 Å². The van der Waals surface area contributed by atoms with Gasteiger partial charge in [0.2, 0.25) is 5.96 Å². The van der Waals surface area contributed by atoms with Gasteiger partial charge < -0.3 is 28.3 Å². The van der Waals surface area contributed by atoms with Gasteiger partial charge in [0.15, 0.2) is 0 Å². The van der Waals surface area contributed by atoms with E-state index in [1.807, 2.05) is 33.8 Å². The van der Waals surface area contributed by atoms with Crippen molar-refractivity contribution in [1.82, 2.24) is 9.80 Å². The molecule has 48 heavy (non-hydrogen) atoms. The van der Waals surface area contributed by atoms with E-state index < -0.39 is 71.1 Å². The number of hydrogen-bond acceptors (Lipinski definition) is 10. The van der Waals surface area contributed by atoms with Crippen LogP contribution in [0.4, 0.5) is 19.2 Å². The van der Waals surface area contributed by atoms with E-state index in [1.165, 1.54) is 0 Å². The molecule has 1 aromatic rings. The summed E-state index contributed by atoms with van der Waals surface area (Å²) >= 11 is 0. The van der Waals surface area contributed by atoms with E-state index in [9.17, 15) is 19.2 Å². The van der Waals surface area contributed by atoms with Crippen molar-refractivity contribution in [2.45, 2.75) is 151 Å². The Morgan fingerprint density at radius 2 is 1.10 bits per heavy atom. The Hall–Kier alpha value is -3.65. The molecule has 0 unspecified atom stereocenters. The number of imide groups is 1. The zero-order chi connectivity index (χ0) is 37.3. The van der Waals surface area contributed by atoms with Gasteiger partial charge in [-0.3, -0.25) is 0 Å². The Labute approximate surface area is 285 Å². The van der Waals surface area contributed by atoms with Crippen molar-refractivity contribution in [2.24, 2.45) is 4.99 Å². The Morgan fingerprint density at radius 1 is 0.688 bits per heavy atom. The van der Waals surface area contributed by atoms with Crippen LogP contribution in [0.25, 0.3) is 0 Å². The number of amides is 4. The molecule has 0 N–H and O–H groups in total. The fourth-order valence-corrected chi connectivity index (χ4v) is 3.98. The van der Waals surface area contributed by atoms with E-state index >= 15 is 0 Å². The molecule has 2 rings (SSSR count). The monoisotopic (exact) mass is 675 g/mol. The number of ether oxygens (including phenoxy) is 4. The van der Waals surface area contributed by atoms with E-state index in [2.05, 4.69) is 4.99 Å². The van der Waals surface area contributed by atoms with E-state index in [-0.39, 0.29) is 6.54 Å². The quantitative estimate of drug-likeness (QED) is 0.140. The fraction of sp³-hybridized carbons (Fsp3) is 0.676. The second kappa shape index (κ2) is 14.1. The van der Waals surface area contributed by atoms with Gasteiger partial charge >= 0.3 is 31.5 Å². The van der Waals surface area contributed by atoms with Crippen LogP contribution in [-0.2, 0) is 34.8 Å². The summed E-state index contributed by atoms with van der Waals surface area (Å²) in [6.07, 6.45) is -4.71. The molecule has 1 aromatic carbocycles. The van der Waals surface area contributed by atoms with Crippen LogP contribution >= 0.6 is 0 Å². The lowest BCUT2D eigenvalue weighted by Gasteiger charge is -2.34. The van der Waals surface area contributed by atoms with Crippen LogP contribution in [0.2, 0.25) is 0 Å². The van der Waals surface area contributed by atoms with Crippen molar-refractivity contribution in [2.75, 3.05) is 0 Å². The smallest absolute Gasteiger partial charge is 0.443 e. The molecule has 1 saturated heterocycles. The molecule has 14 heteroatoms. The number of guanidine groups is 1. The second-order valence-electron chi connectivity index (χ2n) is 16.6. The number of carbonyl (C=O) groups is 4. The molecule has 1 aliphatic heterocycles. The van der Waals surface area contributed by atoms with Gasteiger partial charge in [0.05, 0.1) is 17.7 Å². The maximum Gasteiger partial charge on any atom is 0.494 e. The first-order valence-corrected chi connectivity index (χ1v) is 15.9. The van der Waals surface area contributed by atoms with Crippen LogP contribution in [0.3, 0.4) is 0 Å². The maximum atomic E-state index is 14.0. The molecule has 0 radical (unpaired) electrons. The lowest BCUT2D eigenvalue weighted by atomic mass is 9.78. The number of carbonyl (C=O) groups excluding carboxylic acids is 4. The second-order valence-corrected chi connectivity index (χ2v) is 16.6. The molecule has 0 saturated carbocycles. The van der Waals surface area contributed by atoms with Crippen molar-refractivity contribution in [3.8, 4) is 0 Å². The van der Waals surface area contributed by atoms with Crippen molar-refractivity contribution in [1.29, 1.82) is 0 Å². The molecule has 4 amide bonds. The van der Waals surface area contributed by atoms with Crippen LogP contribution in [0.5, 0.6) is 0 Å². The highest BCUT2D eigenvalue weighted by Gasteiger charge is 2.52. The predicted molar refractivity (Wildman–Crippen MR) is 182 cm³/mol. The van der Waals surface area contributed by atoms with Crippen molar-refractivity contribution in [3.05, 3.63) is 29.8 Å². The van der Waals surface area contributed by atoms with Crippen LogP contribution in [0, 0.1) is 0 Å². The summed E-state index contributed by atoms with van der Waals surface area (Å²) in [6.45, 7) is 26.7. The fourth-order valence-electron chi connectivity index (χ4n) is 3.98. The Bertz CT molecular complexity index is 1350. The summed E-state index contributed by atoms with van der Waals surface area (Å²) in [5, 5.41) is 0. The molecule has 0 bridgehead atoms. The van der Waals surface area contributed by atoms with Crippen LogP contribution < -0.4 is 5.46 Å². The van der Waals surface area contributed by atoms with Gasteiger partial charge in [-0.2, -0.15) is 0 Å². The molecule has 1 aliphatic rings. The van der Waals surface area contributed by atoms with Crippen molar-refractivity contribution < 1.29 is 47.4 Å². The highest BCUT2D eigenvalue weighted by molar-refractivity contribution is 6.62. The molecule has 0 aliphatic carbocycles. The third-order valence-corrected chi connectivity index (χ3v) is 6.61. The van der Waals surface area contributed by atoms with Gasteiger partial charge in [-0.1, -0.05) is 24.3 Å². The van der Waals surface area contributed by atoms with Gasteiger partial charge in [0.25, 0.3) is 0 Å². The summed E-state index contributed by atoms with van der Waals surface area (Å²) in [5.74, 6) is -0.747. The molecule has 1 heterocycles. The molecule has 13 nitrogen and oxygen atoms in total. The highest BCUT2D eigenvalue weighted by Crippen LogP contribution is 2.36. The predicted octanol–water partition coefficient (Wildman–Crippen LogP) is 7.19. The van der Waals surface area contributed by atoms with Crippen molar-refractivity contribution in [3.63, 3.8) is 0 Å². The standard InChI is InChI=1S/C34H54BN3O10/c1-29(2,3)43-25(39)36-24(38(27(41)45-31(7,8)9)28(42)46-32(10,11)12)37(26(40)44-30(4,5)6)21-22-18-17-19-23(20-22)35-47-33(13,14)34(15,16)48-35/h17-20H,21H2,1-16H3/b36-24-. The van der Waals surface area contributed by atoms with Gasteiger partial charge in [-0.05, 0) is 122 Å². The van der Waals surface area contributed by atoms with Crippen LogP contribution in [-0.4, -0.2) is 80.9 Å². The average molecular weight is 676 g/mol. The summed E-state index contributed by atoms with van der Waals surface area (Å²) in [6, 6.07) is 7.01. The summed E-state index contributed by atoms with van der Waals surface area (Å²) in [5.41, 5.74) is -4.29. The largest absolute Gasteiger partial charge is 0.494 e. The molecule has 0 spiro atoms. The van der Waals surface area contributed by atoms with E-state index in [4.69, 9.17) is 28.3 Å². The number of aliphatic imine (C=N–C) groups is 1. The molecular weight excluding hydrogens is 621 g/mol. The number of benzene rings is 1. The van der Waals surface area contributed by atoms with Crippen LogP contribution in [0.1, 0.15) is 116 Å². The van der Waals surface area contributed by atoms with Gasteiger partial charge in [0, 0.05) is 0 Å². The summed E-state index contributed by atoms with van der Waals surface area (Å²) in [4.78, 5) is 60.1. The topological polar surface area (TPSA) is 142 Å². The zero-order valence-electron chi connectivity index (χ0n) is 31.5. The minimum absolute atomic E-state index is 0.327. The zero-order valence-corrected chi connectivity index (χ0v) is 31.5. The van der Waals surface area contributed by atoms with E-state index in [0.29, 0.717) is 15.9 Å². The summed E-state index contributed by atoms with van der Waals surface area (Å²) in [7, 11) is -0.722. The van der Waals surface area contributed by atoms with E-state index in [0.717, 1.165) is 4.90 Å².